The van der Waals surface area contributed by atoms with E-state index in [1.54, 1.807) is 11.8 Å². The zero-order chi connectivity index (χ0) is 16.2. The molecule has 0 saturated carbocycles. The highest BCUT2D eigenvalue weighted by Crippen LogP contribution is 2.20. The van der Waals surface area contributed by atoms with Crippen molar-refractivity contribution in [3.8, 4) is 0 Å². The summed E-state index contributed by atoms with van der Waals surface area (Å²) >= 11 is 1.68. The van der Waals surface area contributed by atoms with Crippen LogP contribution in [0.5, 0.6) is 0 Å². The van der Waals surface area contributed by atoms with Gasteiger partial charge in [0.25, 0.3) is 5.56 Å². The maximum Gasteiger partial charge on any atom is 0.252 e. The Hall–Kier alpha value is -1.56. The Labute approximate surface area is 141 Å². The topological polar surface area (TPSA) is 39.3 Å². The van der Waals surface area contributed by atoms with Crippen LogP contribution >= 0.6 is 11.8 Å². The SMILES string of the molecule is C=CCN1CCN(Cc2cc3ccc(SC)cc3[nH]c2=O)CC1. The monoisotopic (exact) mass is 329 g/mol. The standard InChI is InChI=1S/C18H23N3OS/c1-3-6-20-7-9-21(10-8-20)13-15-11-14-4-5-16(23-2)12-17(14)19-18(15)22/h3-5,11-12H,1,6-10,13H2,2H3,(H,19,22). The van der Waals surface area contributed by atoms with E-state index < -0.39 is 0 Å². The van der Waals surface area contributed by atoms with E-state index in [2.05, 4.69) is 33.5 Å². The first-order valence-corrected chi connectivity index (χ1v) is 9.17. The van der Waals surface area contributed by atoms with Crippen LogP contribution < -0.4 is 5.56 Å². The largest absolute Gasteiger partial charge is 0.322 e. The Morgan fingerprint density at radius 2 is 1.96 bits per heavy atom. The zero-order valence-corrected chi connectivity index (χ0v) is 14.4. The number of nitrogens with one attached hydrogen (secondary N) is 1. The van der Waals surface area contributed by atoms with Crippen LogP contribution in [0.4, 0.5) is 0 Å². The van der Waals surface area contributed by atoms with Crippen LogP contribution in [-0.4, -0.2) is 53.8 Å². The first kappa shape index (κ1) is 16.3. The van der Waals surface area contributed by atoms with Gasteiger partial charge < -0.3 is 4.98 Å². The molecular weight excluding hydrogens is 306 g/mol. The van der Waals surface area contributed by atoms with Crippen molar-refractivity contribution in [3.05, 3.63) is 52.8 Å². The number of rotatable bonds is 5. The molecule has 0 atom stereocenters. The highest BCUT2D eigenvalue weighted by molar-refractivity contribution is 7.98. The second-order valence-electron chi connectivity index (χ2n) is 5.94. The van der Waals surface area contributed by atoms with Crippen molar-refractivity contribution in [1.29, 1.82) is 0 Å². The predicted molar refractivity (Wildman–Crippen MR) is 98.3 cm³/mol. The number of H-pyrrole nitrogens is 1. The summed E-state index contributed by atoms with van der Waals surface area (Å²) in [4.78, 5) is 21.3. The van der Waals surface area contributed by atoms with E-state index in [0.717, 1.165) is 55.7 Å². The summed E-state index contributed by atoms with van der Waals surface area (Å²) < 4.78 is 0. The molecule has 1 aromatic heterocycles. The quantitative estimate of drug-likeness (QED) is 0.676. The molecule has 2 aromatic rings. The highest BCUT2D eigenvalue weighted by atomic mass is 32.2. The fraction of sp³-hybridized carbons (Fsp3) is 0.389. The fourth-order valence-electron chi connectivity index (χ4n) is 3.02. The van der Waals surface area contributed by atoms with Crippen molar-refractivity contribution >= 4 is 22.7 Å². The summed E-state index contributed by atoms with van der Waals surface area (Å²) in [5.41, 5.74) is 1.80. The third-order valence-corrected chi connectivity index (χ3v) is 5.10. The number of piperazine rings is 1. The Kier molecular flexibility index (Phi) is 5.20. The molecule has 0 aliphatic carbocycles. The molecule has 5 heteroatoms. The normalized spacial score (nSPS) is 16.7. The molecule has 1 aromatic carbocycles. The van der Waals surface area contributed by atoms with Gasteiger partial charge in [0, 0.05) is 55.2 Å². The number of hydrogen-bond acceptors (Lipinski definition) is 4. The van der Waals surface area contributed by atoms with Crippen LogP contribution in [0.15, 0.2) is 46.6 Å². The van der Waals surface area contributed by atoms with E-state index >= 15 is 0 Å². The lowest BCUT2D eigenvalue weighted by atomic mass is 10.1. The predicted octanol–water partition coefficient (Wildman–Crippen LogP) is 2.55. The minimum absolute atomic E-state index is 0.0317. The molecule has 4 nitrogen and oxygen atoms in total. The molecule has 1 aliphatic heterocycles. The van der Waals surface area contributed by atoms with Crippen LogP contribution in [0.3, 0.4) is 0 Å². The smallest absolute Gasteiger partial charge is 0.252 e. The van der Waals surface area contributed by atoms with E-state index in [-0.39, 0.29) is 5.56 Å². The Morgan fingerprint density at radius 3 is 2.65 bits per heavy atom. The molecule has 2 heterocycles. The van der Waals surface area contributed by atoms with Crippen LogP contribution in [-0.2, 0) is 6.54 Å². The van der Waals surface area contributed by atoms with Gasteiger partial charge in [-0.15, -0.1) is 18.3 Å². The van der Waals surface area contributed by atoms with Gasteiger partial charge in [-0.1, -0.05) is 12.1 Å². The first-order valence-electron chi connectivity index (χ1n) is 7.95. The molecule has 0 bridgehead atoms. The maximum atomic E-state index is 12.4. The molecule has 1 N–H and O–H groups in total. The minimum Gasteiger partial charge on any atom is -0.322 e. The molecule has 1 saturated heterocycles. The molecule has 1 fully saturated rings. The molecule has 3 rings (SSSR count). The van der Waals surface area contributed by atoms with Gasteiger partial charge in [0.15, 0.2) is 0 Å². The number of benzene rings is 1. The summed E-state index contributed by atoms with van der Waals surface area (Å²) in [6.07, 6.45) is 3.99. The number of aromatic nitrogens is 1. The fourth-order valence-corrected chi connectivity index (χ4v) is 3.46. The maximum absolute atomic E-state index is 12.4. The number of pyridine rings is 1. The van der Waals surface area contributed by atoms with Crippen molar-refractivity contribution in [1.82, 2.24) is 14.8 Å². The molecule has 0 radical (unpaired) electrons. The minimum atomic E-state index is 0.0317. The lowest BCUT2D eigenvalue weighted by Crippen LogP contribution is -2.46. The average molecular weight is 329 g/mol. The lowest BCUT2D eigenvalue weighted by molar-refractivity contribution is 0.136. The molecule has 0 amide bonds. The summed E-state index contributed by atoms with van der Waals surface area (Å²) in [7, 11) is 0. The third kappa shape index (κ3) is 3.86. The summed E-state index contributed by atoms with van der Waals surface area (Å²) in [6.45, 7) is 9.52. The Morgan fingerprint density at radius 1 is 1.22 bits per heavy atom. The van der Waals surface area contributed by atoms with Gasteiger partial charge in [0.05, 0.1) is 0 Å². The highest BCUT2D eigenvalue weighted by Gasteiger charge is 2.17. The van der Waals surface area contributed by atoms with Crippen LogP contribution in [0.1, 0.15) is 5.56 Å². The molecular formula is C18H23N3OS. The molecule has 122 valence electrons. The number of aromatic amines is 1. The average Bonchev–Trinajstić information content (AvgIpc) is 2.57. The van der Waals surface area contributed by atoms with Gasteiger partial charge in [-0.05, 0) is 29.8 Å². The lowest BCUT2D eigenvalue weighted by Gasteiger charge is -2.33. The van der Waals surface area contributed by atoms with Gasteiger partial charge in [0.2, 0.25) is 0 Å². The van der Waals surface area contributed by atoms with Crippen LogP contribution in [0.2, 0.25) is 0 Å². The molecule has 0 unspecified atom stereocenters. The molecule has 1 aliphatic rings. The number of nitrogens with zero attached hydrogens (tertiary/aromatic N) is 2. The van der Waals surface area contributed by atoms with Crippen molar-refractivity contribution in [2.45, 2.75) is 11.4 Å². The summed E-state index contributed by atoms with van der Waals surface area (Å²) in [5.74, 6) is 0. The molecule has 0 spiro atoms. The van der Waals surface area contributed by atoms with Crippen LogP contribution in [0.25, 0.3) is 10.9 Å². The van der Waals surface area contributed by atoms with Crippen molar-refractivity contribution < 1.29 is 0 Å². The van der Waals surface area contributed by atoms with Gasteiger partial charge in [0.1, 0.15) is 0 Å². The second-order valence-corrected chi connectivity index (χ2v) is 6.82. The van der Waals surface area contributed by atoms with E-state index in [0.29, 0.717) is 0 Å². The van der Waals surface area contributed by atoms with Crippen molar-refractivity contribution in [2.75, 3.05) is 39.0 Å². The van der Waals surface area contributed by atoms with Gasteiger partial charge >= 0.3 is 0 Å². The Bertz CT molecular complexity index is 748. The zero-order valence-electron chi connectivity index (χ0n) is 13.5. The first-order chi connectivity index (χ1) is 11.2. The summed E-state index contributed by atoms with van der Waals surface area (Å²) in [5, 5.41) is 1.10. The van der Waals surface area contributed by atoms with Gasteiger partial charge in [-0.2, -0.15) is 0 Å². The number of hydrogen-bond donors (Lipinski definition) is 1. The van der Waals surface area contributed by atoms with Gasteiger partial charge in [-0.3, -0.25) is 14.6 Å². The van der Waals surface area contributed by atoms with Crippen molar-refractivity contribution in [2.24, 2.45) is 0 Å². The molecule has 23 heavy (non-hydrogen) atoms. The second kappa shape index (κ2) is 7.34. The summed E-state index contributed by atoms with van der Waals surface area (Å²) in [6, 6.07) is 8.26. The van der Waals surface area contributed by atoms with Gasteiger partial charge in [-0.25, -0.2) is 0 Å². The Balaban J connectivity index is 1.74. The van der Waals surface area contributed by atoms with E-state index in [4.69, 9.17) is 0 Å². The number of thioether (sulfide) groups is 1. The van der Waals surface area contributed by atoms with Crippen molar-refractivity contribution in [3.63, 3.8) is 0 Å². The third-order valence-electron chi connectivity index (χ3n) is 4.38. The van der Waals surface area contributed by atoms with E-state index in [9.17, 15) is 4.79 Å². The number of fused-ring (bicyclic) bond motifs is 1. The van der Waals surface area contributed by atoms with E-state index in [1.807, 2.05) is 24.5 Å². The van der Waals surface area contributed by atoms with E-state index in [1.165, 1.54) is 4.90 Å². The van der Waals surface area contributed by atoms with Crippen LogP contribution in [0, 0.1) is 0 Å².